The van der Waals surface area contributed by atoms with Crippen molar-refractivity contribution in [2.75, 3.05) is 19.5 Å². The summed E-state index contributed by atoms with van der Waals surface area (Å²) in [5, 5.41) is 13.4. The Bertz CT molecular complexity index is 956. The molecule has 0 aliphatic heterocycles. The molecule has 1 amide bonds. The van der Waals surface area contributed by atoms with Gasteiger partial charge >= 0.3 is 0 Å². The average molecular weight is 368 g/mol. The number of carbonyl (C=O) groups excluding carboxylic acids is 1. The van der Waals surface area contributed by atoms with Gasteiger partial charge in [-0.15, -0.1) is 0 Å². The van der Waals surface area contributed by atoms with Crippen molar-refractivity contribution < 1.29 is 23.6 Å². The van der Waals surface area contributed by atoms with Crippen molar-refractivity contribution in [2.45, 2.75) is 0 Å². The van der Waals surface area contributed by atoms with Crippen LogP contribution >= 0.6 is 0 Å². The van der Waals surface area contributed by atoms with Crippen molar-refractivity contribution in [1.82, 2.24) is 0 Å². The number of non-ortho nitro benzene ring substituents is 1. The van der Waals surface area contributed by atoms with Gasteiger partial charge in [0.15, 0.2) is 5.76 Å². The monoisotopic (exact) mass is 368 g/mol. The van der Waals surface area contributed by atoms with Gasteiger partial charge in [-0.3, -0.25) is 14.9 Å². The number of carbonyl (C=O) groups is 1. The summed E-state index contributed by atoms with van der Waals surface area (Å²) >= 11 is 0. The summed E-state index contributed by atoms with van der Waals surface area (Å²) in [5.41, 5.74) is 1.10. The third kappa shape index (κ3) is 4.06. The molecule has 1 N–H and O–H groups in total. The van der Waals surface area contributed by atoms with Crippen LogP contribution in [0.25, 0.3) is 11.3 Å². The lowest BCUT2D eigenvalue weighted by Gasteiger charge is -2.09. The number of rotatable bonds is 6. The van der Waals surface area contributed by atoms with E-state index in [9.17, 15) is 14.9 Å². The predicted molar refractivity (Wildman–Crippen MR) is 98.3 cm³/mol. The van der Waals surface area contributed by atoms with Gasteiger partial charge in [0.05, 0.1) is 19.1 Å². The van der Waals surface area contributed by atoms with Crippen molar-refractivity contribution in [3.8, 4) is 22.8 Å². The van der Waals surface area contributed by atoms with Crippen LogP contribution < -0.4 is 14.8 Å². The van der Waals surface area contributed by atoms with Crippen LogP contribution in [0.5, 0.6) is 11.5 Å². The van der Waals surface area contributed by atoms with E-state index in [0.29, 0.717) is 28.5 Å². The Morgan fingerprint density at radius 3 is 2.19 bits per heavy atom. The molecule has 1 aromatic heterocycles. The van der Waals surface area contributed by atoms with Crippen molar-refractivity contribution >= 4 is 17.3 Å². The number of amides is 1. The summed E-state index contributed by atoms with van der Waals surface area (Å²) in [5.74, 6) is 1.16. The zero-order chi connectivity index (χ0) is 19.4. The van der Waals surface area contributed by atoms with Gasteiger partial charge in [0.25, 0.3) is 11.6 Å². The maximum Gasteiger partial charge on any atom is 0.291 e. The van der Waals surface area contributed by atoms with Crippen LogP contribution in [0.15, 0.2) is 59.0 Å². The lowest BCUT2D eigenvalue weighted by Crippen LogP contribution is -2.11. The third-order valence-corrected chi connectivity index (χ3v) is 3.80. The summed E-state index contributed by atoms with van der Waals surface area (Å²) in [6.45, 7) is 0. The first-order valence-corrected chi connectivity index (χ1v) is 7.89. The fourth-order valence-electron chi connectivity index (χ4n) is 2.43. The summed E-state index contributed by atoms with van der Waals surface area (Å²) in [6.07, 6.45) is 0. The number of hydrogen-bond donors (Lipinski definition) is 1. The Labute approximate surface area is 154 Å². The van der Waals surface area contributed by atoms with Crippen LogP contribution in [-0.4, -0.2) is 25.1 Å². The molecule has 3 aromatic rings. The minimum atomic E-state index is -0.479. The number of hydrogen-bond acceptors (Lipinski definition) is 6. The molecular formula is C19H16N2O6. The van der Waals surface area contributed by atoms with Crippen molar-refractivity contribution in [3.63, 3.8) is 0 Å². The third-order valence-electron chi connectivity index (χ3n) is 3.80. The Morgan fingerprint density at radius 2 is 1.63 bits per heavy atom. The van der Waals surface area contributed by atoms with Gasteiger partial charge in [-0.2, -0.15) is 0 Å². The Hall–Kier alpha value is -3.81. The summed E-state index contributed by atoms with van der Waals surface area (Å²) < 4.78 is 15.9. The summed E-state index contributed by atoms with van der Waals surface area (Å²) in [7, 11) is 3.03. The van der Waals surface area contributed by atoms with Gasteiger partial charge in [-0.05, 0) is 24.3 Å². The molecule has 0 aliphatic rings. The normalized spacial score (nSPS) is 10.3. The fraction of sp³-hybridized carbons (Fsp3) is 0.105. The van der Waals surface area contributed by atoms with Crippen molar-refractivity contribution in [3.05, 3.63) is 70.5 Å². The van der Waals surface area contributed by atoms with Crippen LogP contribution in [0.3, 0.4) is 0 Å². The number of anilines is 1. The molecule has 0 unspecified atom stereocenters. The maximum absolute atomic E-state index is 12.4. The number of ether oxygens (including phenoxy) is 2. The topological polar surface area (TPSA) is 104 Å². The van der Waals surface area contributed by atoms with Crippen LogP contribution in [0.4, 0.5) is 11.4 Å². The van der Waals surface area contributed by atoms with E-state index in [1.165, 1.54) is 32.4 Å². The highest BCUT2D eigenvalue weighted by atomic mass is 16.6. The van der Waals surface area contributed by atoms with Gasteiger partial charge in [0.1, 0.15) is 17.3 Å². The fourth-order valence-corrected chi connectivity index (χ4v) is 2.43. The minimum absolute atomic E-state index is 0.0183. The number of benzene rings is 2. The second kappa shape index (κ2) is 7.61. The van der Waals surface area contributed by atoms with Gasteiger partial charge in [0.2, 0.25) is 0 Å². The molecular weight excluding hydrogens is 352 g/mol. The first-order chi connectivity index (χ1) is 13.0. The van der Waals surface area contributed by atoms with Gasteiger partial charge in [-0.1, -0.05) is 0 Å². The minimum Gasteiger partial charge on any atom is -0.497 e. The standard InChI is InChI=1S/C19H16N2O6/c1-25-15-9-13(10-16(11-15)26-2)20-19(22)18-8-7-17(27-18)12-3-5-14(6-4-12)21(23)24/h3-11H,1-2H3,(H,20,22). The molecule has 0 radical (unpaired) electrons. The second-order valence-corrected chi connectivity index (χ2v) is 5.52. The van der Waals surface area contributed by atoms with Crippen molar-refractivity contribution in [1.29, 1.82) is 0 Å². The molecule has 0 aliphatic carbocycles. The number of furan rings is 1. The molecule has 0 bridgehead atoms. The molecule has 0 saturated heterocycles. The number of nitrogens with one attached hydrogen (secondary N) is 1. The number of nitrogens with zero attached hydrogens (tertiary/aromatic N) is 1. The van der Waals surface area contributed by atoms with E-state index in [0.717, 1.165) is 0 Å². The number of nitro benzene ring substituents is 1. The predicted octanol–water partition coefficient (Wildman–Crippen LogP) is 4.12. The summed E-state index contributed by atoms with van der Waals surface area (Å²) in [4.78, 5) is 22.7. The molecule has 8 nitrogen and oxygen atoms in total. The van der Waals surface area contributed by atoms with E-state index in [1.807, 2.05) is 0 Å². The Morgan fingerprint density at radius 1 is 1.00 bits per heavy atom. The molecule has 0 fully saturated rings. The van der Waals surface area contributed by atoms with Gasteiger partial charge in [0, 0.05) is 41.6 Å². The number of methoxy groups -OCH3 is 2. The highest BCUT2D eigenvalue weighted by Gasteiger charge is 2.14. The first kappa shape index (κ1) is 18.0. The highest BCUT2D eigenvalue weighted by molar-refractivity contribution is 6.02. The molecule has 8 heteroatoms. The molecule has 27 heavy (non-hydrogen) atoms. The highest BCUT2D eigenvalue weighted by Crippen LogP contribution is 2.28. The quantitative estimate of drug-likeness (QED) is 0.518. The Kier molecular flexibility index (Phi) is 5.07. The van der Waals surface area contributed by atoms with E-state index in [-0.39, 0.29) is 11.4 Å². The van der Waals surface area contributed by atoms with E-state index in [1.54, 1.807) is 36.4 Å². The van der Waals surface area contributed by atoms with Crippen LogP contribution in [0.2, 0.25) is 0 Å². The summed E-state index contributed by atoms with van der Waals surface area (Å²) in [6, 6.07) is 14.0. The lowest BCUT2D eigenvalue weighted by atomic mass is 10.1. The zero-order valence-electron chi connectivity index (χ0n) is 14.6. The maximum atomic E-state index is 12.4. The van der Waals surface area contributed by atoms with Crippen molar-refractivity contribution in [2.24, 2.45) is 0 Å². The largest absolute Gasteiger partial charge is 0.497 e. The van der Waals surface area contributed by atoms with E-state index >= 15 is 0 Å². The first-order valence-electron chi connectivity index (χ1n) is 7.89. The number of nitro groups is 1. The lowest BCUT2D eigenvalue weighted by molar-refractivity contribution is -0.384. The molecule has 138 valence electrons. The van der Waals surface area contributed by atoms with Crippen LogP contribution in [0.1, 0.15) is 10.6 Å². The molecule has 0 atom stereocenters. The molecule has 0 spiro atoms. The molecule has 1 heterocycles. The zero-order valence-corrected chi connectivity index (χ0v) is 14.6. The smallest absolute Gasteiger partial charge is 0.291 e. The van der Waals surface area contributed by atoms with E-state index in [2.05, 4.69) is 5.32 Å². The van der Waals surface area contributed by atoms with E-state index in [4.69, 9.17) is 13.9 Å². The van der Waals surface area contributed by atoms with Crippen LogP contribution in [-0.2, 0) is 0 Å². The SMILES string of the molecule is COc1cc(NC(=O)c2ccc(-c3ccc([N+](=O)[O-])cc3)o2)cc(OC)c1. The molecule has 3 rings (SSSR count). The Balaban J connectivity index is 1.78. The van der Waals surface area contributed by atoms with Gasteiger partial charge < -0.3 is 19.2 Å². The second-order valence-electron chi connectivity index (χ2n) is 5.52. The average Bonchev–Trinajstić information content (AvgIpc) is 3.18. The van der Waals surface area contributed by atoms with Crippen LogP contribution in [0, 0.1) is 10.1 Å². The van der Waals surface area contributed by atoms with E-state index < -0.39 is 10.8 Å². The molecule has 2 aromatic carbocycles. The van der Waals surface area contributed by atoms with Gasteiger partial charge in [-0.25, -0.2) is 0 Å². The molecule has 0 saturated carbocycles.